The van der Waals surface area contributed by atoms with Crippen molar-refractivity contribution >= 4 is 27.2 Å². The van der Waals surface area contributed by atoms with Crippen LogP contribution in [0.3, 0.4) is 0 Å². The summed E-state index contributed by atoms with van der Waals surface area (Å²) < 4.78 is 1.15. The predicted molar refractivity (Wildman–Crippen MR) is 66.1 cm³/mol. The lowest BCUT2D eigenvalue weighted by Gasteiger charge is -1.95. The van der Waals surface area contributed by atoms with Crippen molar-refractivity contribution in [1.29, 1.82) is 0 Å². The highest BCUT2D eigenvalue weighted by Crippen LogP contribution is 2.27. The fraction of sp³-hybridized carbons (Fsp3) is 0. The minimum atomic E-state index is 0.0821. The molecule has 0 spiro atoms. The number of benzene rings is 1. The van der Waals surface area contributed by atoms with Gasteiger partial charge in [0, 0.05) is 39.0 Å². The van der Waals surface area contributed by atoms with Crippen LogP contribution in [-0.4, -0.2) is 10.8 Å². The summed E-state index contributed by atoms with van der Waals surface area (Å²) in [6.07, 6.45) is 3.50. The van der Waals surface area contributed by atoms with Crippen LogP contribution in [0.5, 0.6) is 0 Å². The van der Waals surface area contributed by atoms with Crippen LogP contribution in [0.25, 0.3) is 10.1 Å². The average Bonchev–Trinajstić information content (AvgIpc) is 2.98. The second-order valence-corrected chi connectivity index (χ2v) is 4.49. The molecular weight excluding hydrogens is 218 g/mol. The molecule has 0 bridgehead atoms. The van der Waals surface area contributed by atoms with Gasteiger partial charge in [0.25, 0.3) is 0 Å². The first-order valence-corrected chi connectivity index (χ1v) is 5.88. The monoisotopic (exact) mass is 227 g/mol. The molecule has 1 N–H and O–H groups in total. The van der Waals surface area contributed by atoms with Gasteiger partial charge in [-0.25, -0.2) is 0 Å². The fourth-order valence-corrected chi connectivity index (χ4v) is 2.72. The molecule has 2 heterocycles. The van der Waals surface area contributed by atoms with Crippen LogP contribution in [0, 0.1) is 0 Å². The van der Waals surface area contributed by atoms with Crippen LogP contribution < -0.4 is 0 Å². The van der Waals surface area contributed by atoms with E-state index in [0.717, 1.165) is 15.6 Å². The third-order valence-electron chi connectivity index (χ3n) is 2.59. The SMILES string of the molecule is O=C(c1cc[nH]c1)c1csc2ccccc12. The molecule has 3 rings (SSSR count). The third kappa shape index (κ3) is 1.37. The number of hydrogen-bond acceptors (Lipinski definition) is 2. The number of thiophene rings is 1. The maximum atomic E-state index is 12.2. The molecule has 0 fully saturated rings. The van der Waals surface area contributed by atoms with E-state index in [1.54, 1.807) is 29.8 Å². The maximum Gasteiger partial charge on any atom is 0.196 e. The highest BCUT2D eigenvalue weighted by atomic mass is 32.1. The zero-order chi connectivity index (χ0) is 11.0. The number of H-pyrrole nitrogens is 1. The Labute approximate surface area is 96.5 Å². The van der Waals surface area contributed by atoms with E-state index in [4.69, 9.17) is 0 Å². The Hall–Kier alpha value is -1.87. The minimum absolute atomic E-state index is 0.0821. The molecule has 16 heavy (non-hydrogen) atoms. The van der Waals surface area contributed by atoms with Gasteiger partial charge in [-0.2, -0.15) is 0 Å². The van der Waals surface area contributed by atoms with Crippen molar-refractivity contribution in [3.05, 3.63) is 59.2 Å². The molecule has 0 aliphatic rings. The number of aromatic amines is 1. The largest absolute Gasteiger partial charge is 0.367 e. The zero-order valence-corrected chi connectivity index (χ0v) is 9.25. The van der Waals surface area contributed by atoms with Gasteiger partial charge in [0.15, 0.2) is 5.78 Å². The molecule has 78 valence electrons. The lowest BCUT2D eigenvalue weighted by atomic mass is 10.1. The van der Waals surface area contributed by atoms with E-state index in [0.29, 0.717) is 5.56 Å². The van der Waals surface area contributed by atoms with E-state index >= 15 is 0 Å². The van der Waals surface area contributed by atoms with Crippen molar-refractivity contribution in [2.75, 3.05) is 0 Å². The highest BCUT2D eigenvalue weighted by molar-refractivity contribution is 7.17. The van der Waals surface area contributed by atoms with Crippen LogP contribution in [0.4, 0.5) is 0 Å². The van der Waals surface area contributed by atoms with Crippen molar-refractivity contribution in [2.45, 2.75) is 0 Å². The summed E-state index contributed by atoms with van der Waals surface area (Å²) in [5.74, 6) is 0.0821. The molecular formula is C13H9NOS. The normalized spacial score (nSPS) is 10.8. The number of fused-ring (bicyclic) bond motifs is 1. The van der Waals surface area contributed by atoms with Crippen LogP contribution in [0.15, 0.2) is 48.1 Å². The van der Waals surface area contributed by atoms with Crippen LogP contribution in [0.2, 0.25) is 0 Å². The molecule has 0 unspecified atom stereocenters. The number of nitrogens with one attached hydrogen (secondary N) is 1. The summed E-state index contributed by atoms with van der Waals surface area (Å²) in [5.41, 5.74) is 1.50. The molecule has 3 heteroatoms. The van der Waals surface area contributed by atoms with Gasteiger partial charge in [-0.15, -0.1) is 11.3 Å². The Balaban J connectivity index is 2.16. The van der Waals surface area contributed by atoms with Crippen molar-refractivity contribution in [3.8, 4) is 0 Å². The predicted octanol–water partition coefficient (Wildman–Crippen LogP) is 3.46. The summed E-state index contributed by atoms with van der Waals surface area (Å²) in [7, 11) is 0. The Morgan fingerprint density at radius 3 is 2.88 bits per heavy atom. The van der Waals surface area contributed by atoms with Gasteiger partial charge in [0.1, 0.15) is 0 Å². The van der Waals surface area contributed by atoms with E-state index in [1.807, 2.05) is 29.6 Å². The molecule has 3 aromatic rings. The molecule has 0 aliphatic heterocycles. The van der Waals surface area contributed by atoms with Gasteiger partial charge < -0.3 is 4.98 Å². The van der Waals surface area contributed by atoms with Gasteiger partial charge >= 0.3 is 0 Å². The van der Waals surface area contributed by atoms with Crippen LogP contribution >= 0.6 is 11.3 Å². The zero-order valence-electron chi connectivity index (χ0n) is 8.44. The summed E-state index contributed by atoms with van der Waals surface area (Å²) in [4.78, 5) is 15.1. The highest BCUT2D eigenvalue weighted by Gasteiger charge is 2.13. The molecule has 0 saturated heterocycles. The number of carbonyl (C=O) groups excluding carboxylic acids is 1. The van der Waals surface area contributed by atoms with E-state index < -0.39 is 0 Å². The van der Waals surface area contributed by atoms with E-state index in [-0.39, 0.29) is 5.78 Å². The number of aromatic nitrogens is 1. The number of ketones is 1. The number of carbonyl (C=O) groups is 1. The fourth-order valence-electron chi connectivity index (χ4n) is 1.77. The minimum Gasteiger partial charge on any atom is -0.367 e. The molecule has 2 aromatic heterocycles. The topological polar surface area (TPSA) is 32.9 Å². The van der Waals surface area contributed by atoms with Crippen molar-refractivity contribution in [3.63, 3.8) is 0 Å². The van der Waals surface area contributed by atoms with E-state index in [9.17, 15) is 4.79 Å². The van der Waals surface area contributed by atoms with Gasteiger partial charge in [-0.05, 0) is 12.1 Å². The van der Waals surface area contributed by atoms with Crippen LogP contribution in [0.1, 0.15) is 15.9 Å². The smallest absolute Gasteiger partial charge is 0.196 e. The van der Waals surface area contributed by atoms with E-state index in [1.165, 1.54) is 0 Å². The maximum absolute atomic E-state index is 12.2. The molecule has 1 aromatic carbocycles. The first-order valence-electron chi connectivity index (χ1n) is 5.00. The van der Waals surface area contributed by atoms with E-state index in [2.05, 4.69) is 4.98 Å². The van der Waals surface area contributed by atoms with Gasteiger partial charge in [-0.3, -0.25) is 4.79 Å². The quantitative estimate of drug-likeness (QED) is 0.668. The Morgan fingerprint density at radius 1 is 1.19 bits per heavy atom. The summed E-state index contributed by atoms with van der Waals surface area (Å²) in [6, 6.07) is 9.78. The Kier molecular flexibility index (Phi) is 2.11. The molecule has 0 atom stereocenters. The van der Waals surface area contributed by atoms with Crippen molar-refractivity contribution < 1.29 is 4.79 Å². The van der Waals surface area contributed by atoms with Gasteiger partial charge in [0.2, 0.25) is 0 Å². The molecule has 0 saturated carbocycles. The summed E-state index contributed by atoms with van der Waals surface area (Å²) in [5, 5.41) is 2.97. The van der Waals surface area contributed by atoms with Crippen molar-refractivity contribution in [2.24, 2.45) is 0 Å². The number of rotatable bonds is 2. The second-order valence-electron chi connectivity index (χ2n) is 3.57. The molecule has 0 aliphatic carbocycles. The summed E-state index contributed by atoms with van der Waals surface area (Å²) >= 11 is 1.61. The Morgan fingerprint density at radius 2 is 2.06 bits per heavy atom. The number of hydrogen-bond donors (Lipinski definition) is 1. The van der Waals surface area contributed by atoms with Gasteiger partial charge in [-0.1, -0.05) is 18.2 Å². The standard InChI is InChI=1S/C13H9NOS/c15-13(9-5-6-14-7-9)11-8-16-12-4-2-1-3-10(11)12/h1-8,14H. The van der Waals surface area contributed by atoms with Crippen LogP contribution in [-0.2, 0) is 0 Å². The molecule has 0 amide bonds. The average molecular weight is 227 g/mol. The third-order valence-corrected chi connectivity index (χ3v) is 3.55. The molecule has 2 nitrogen and oxygen atoms in total. The first kappa shape index (κ1) is 9.36. The summed E-state index contributed by atoms with van der Waals surface area (Å²) in [6.45, 7) is 0. The van der Waals surface area contributed by atoms with Crippen molar-refractivity contribution in [1.82, 2.24) is 4.98 Å². The first-order chi connectivity index (χ1) is 7.86. The Bertz CT molecular complexity index is 637. The molecule has 0 radical (unpaired) electrons. The second kappa shape index (κ2) is 3.61. The van der Waals surface area contributed by atoms with Gasteiger partial charge in [0.05, 0.1) is 0 Å². The lowest BCUT2D eigenvalue weighted by molar-refractivity contribution is 0.104. The lowest BCUT2D eigenvalue weighted by Crippen LogP contribution is -1.97.